The summed E-state index contributed by atoms with van der Waals surface area (Å²) in [6.45, 7) is 11.4. The van der Waals surface area contributed by atoms with E-state index in [4.69, 9.17) is 4.99 Å². The van der Waals surface area contributed by atoms with Crippen molar-refractivity contribution in [3.05, 3.63) is 15.6 Å². The molecule has 7 heteroatoms. The third-order valence-corrected chi connectivity index (χ3v) is 5.79. The maximum atomic E-state index is 4.69. The zero-order valence-electron chi connectivity index (χ0n) is 15.0. The van der Waals surface area contributed by atoms with Gasteiger partial charge in [-0.15, -0.1) is 35.3 Å². The van der Waals surface area contributed by atoms with Crippen LogP contribution in [-0.2, 0) is 6.54 Å². The van der Waals surface area contributed by atoms with Gasteiger partial charge < -0.3 is 15.5 Å². The lowest BCUT2D eigenvalue weighted by Gasteiger charge is -2.16. The molecule has 1 aliphatic heterocycles. The van der Waals surface area contributed by atoms with E-state index in [1.165, 1.54) is 37.2 Å². The Labute approximate surface area is 166 Å². The van der Waals surface area contributed by atoms with Crippen LogP contribution in [-0.4, -0.2) is 48.1 Å². The molecule has 1 atom stereocenters. The van der Waals surface area contributed by atoms with Gasteiger partial charge in [-0.2, -0.15) is 0 Å². The molecule has 3 rings (SSSR count). The molecule has 24 heavy (non-hydrogen) atoms. The summed E-state index contributed by atoms with van der Waals surface area (Å²) in [5, 5.41) is 7.97. The molecule has 1 unspecified atom stereocenters. The lowest BCUT2D eigenvalue weighted by atomic mass is 10.1. The number of hydrogen-bond donors (Lipinski definition) is 2. The van der Waals surface area contributed by atoms with Crippen LogP contribution in [0.5, 0.6) is 0 Å². The zero-order chi connectivity index (χ0) is 16.2. The molecule has 2 fully saturated rings. The standard InChI is InChI=1S/C17H29N5S.HI/c1-4-18-17(20-10-16-21-12(2)13(3)23-16)19-9-14-7-8-22(11-14)15-5-6-15;/h14-15H,4-11H2,1-3H3,(H2,18,19,20);1H. The van der Waals surface area contributed by atoms with Crippen molar-refractivity contribution in [1.82, 2.24) is 20.5 Å². The predicted molar refractivity (Wildman–Crippen MR) is 113 cm³/mol. The largest absolute Gasteiger partial charge is 0.357 e. The highest BCUT2D eigenvalue weighted by Gasteiger charge is 2.34. The minimum Gasteiger partial charge on any atom is -0.357 e. The van der Waals surface area contributed by atoms with Crippen LogP contribution >= 0.6 is 35.3 Å². The number of aryl methyl sites for hydroxylation is 2. The summed E-state index contributed by atoms with van der Waals surface area (Å²) in [6.07, 6.45) is 4.14. The number of aliphatic imine (C=N–C) groups is 1. The molecule has 0 radical (unpaired) electrons. The van der Waals surface area contributed by atoms with Crippen LogP contribution < -0.4 is 10.6 Å². The summed E-state index contributed by atoms with van der Waals surface area (Å²) >= 11 is 1.75. The fourth-order valence-corrected chi connectivity index (χ4v) is 4.00. The van der Waals surface area contributed by atoms with Gasteiger partial charge in [0.1, 0.15) is 5.01 Å². The van der Waals surface area contributed by atoms with Crippen LogP contribution in [0, 0.1) is 19.8 Å². The maximum absolute atomic E-state index is 4.69. The molecular weight excluding hydrogens is 433 g/mol. The van der Waals surface area contributed by atoms with Gasteiger partial charge >= 0.3 is 0 Å². The van der Waals surface area contributed by atoms with Crippen molar-refractivity contribution in [2.45, 2.75) is 52.6 Å². The fourth-order valence-electron chi connectivity index (χ4n) is 3.14. The predicted octanol–water partition coefficient (Wildman–Crippen LogP) is 2.92. The summed E-state index contributed by atoms with van der Waals surface area (Å²) in [5.74, 6) is 1.67. The van der Waals surface area contributed by atoms with E-state index in [2.05, 4.69) is 41.3 Å². The van der Waals surface area contributed by atoms with Crippen molar-refractivity contribution in [2.24, 2.45) is 10.9 Å². The van der Waals surface area contributed by atoms with Gasteiger partial charge in [0.25, 0.3) is 0 Å². The minimum absolute atomic E-state index is 0. The SMILES string of the molecule is CCNC(=NCc1nc(C)c(C)s1)NCC1CCN(C2CC2)C1.I. The highest BCUT2D eigenvalue weighted by molar-refractivity contribution is 14.0. The van der Waals surface area contributed by atoms with E-state index in [9.17, 15) is 0 Å². The number of nitrogens with one attached hydrogen (secondary N) is 2. The summed E-state index contributed by atoms with van der Waals surface area (Å²) in [6, 6.07) is 0.901. The monoisotopic (exact) mass is 463 g/mol. The molecule has 0 bridgehead atoms. The first kappa shape index (κ1) is 19.9. The van der Waals surface area contributed by atoms with Gasteiger partial charge in [0.05, 0.1) is 12.2 Å². The van der Waals surface area contributed by atoms with Gasteiger partial charge in [-0.05, 0) is 52.5 Å². The molecular formula is C17H30IN5S. The summed E-state index contributed by atoms with van der Waals surface area (Å²) in [5.41, 5.74) is 1.13. The Morgan fingerprint density at radius 1 is 1.29 bits per heavy atom. The molecule has 1 aromatic rings. The molecule has 1 aromatic heterocycles. The summed E-state index contributed by atoms with van der Waals surface area (Å²) in [4.78, 5) is 13.2. The van der Waals surface area contributed by atoms with Gasteiger partial charge in [0, 0.05) is 30.6 Å². The second kappa shape index (κ2) is 9.33. The topological polar surface area (TPSA) is 52.6 Å². The molecule has 1 saturated carbocycles. The first-order valence-corrected chi connectivity index (χ1v) is 9.66. The average Bonchev–Trinajstić information content (AvgIpc) is 3.19. The lowest BCUT2D eigenvalue weighted by Crippen LogP contribution is -2.40. The van der Waals surface area contributed by atoms with Crippen LogP contribution in [0.2, 0.25) is 0 Å². The van der Waals surface area contributed by atoms with Crippen LogP contribution in [0.3, 0.4) is 0 Å². The van der Waals surface area contributed by atoms with E-state index in [0.29, 0.717) is 6.54 Å². The van der Waals surface area contributed by atoms with E-state index in [1.54, 1.807) is 11.3 Å². The van der Waals surface area contributed by atoms with Crippen molar-refractivity contribution in [3.8, 4) is 0 Å². The normalized spacial score (nSPS) is 21.6. The van der Waals surface area contributed by atoms with Crippen molar-refractivity contribution >= 4 is 41.3 Å². The van der Waals surface area contributed by atoms with E-state index in [0.717, 1.165) is 41.7 Å². The molecule has 2 heterocycles. The Morgan fingerprint density at radius 2 is 2.08 bits per heavy atom. The molecule has 136 valence electrons. The molecule has 5 nitrogen and oxygen atoms in total. The van der Waals surface area contributed by atoms with Crippen LogP contribution in [0.1, 0.15) is 41.8 Å². The van der Waals surface area contributed by atoms with E-state index < -0.39 is 0 Å². The molecule has 2 aliphatic rings. The fraction of sp³-hybridized carbons (Fsp3) is 0.765. The Morgan fingerprint density at radius 3 is 2.71 bits per heavy atom. The Balaban J connectivity index is 0.00000208. The average molecular weight is 463 g/mol. The number of halogens is 1. The van der Waals surface area contributed by atoms with Crippen molar-refractivity contribution in [1.29, 1.82) is 0 Å². The highest BCUT2D eigenvalue weighted by atomic mass is 127. The second-order valence-electron chi connectivity index (χ2n) is 6.71. The number of thiazole rings is 1. The number of hydrogen-bond acceptors (Lipinski definition) is 4. The van der Waals surface area contributed by atoms with Gasteiger partial charge in [0.2, 0.25) is 0 Å². The smallest absolute Gasteiger partial charge is 0.191 e. The highest BCUT2D eigenvalue weighted by Crippen LogP contribution is 2.31. The van der Waals surface area contributed by atoms with Crippen LogP contribution in [0.15, 0.2) is 4.99 Å². The molecule has 0 aromatic carbocycles. The van der Waals surface area contributed by atoms with Gasteiger partial charge in [0.15, 0.2) is 5.96 Å². The van der Waals surface area contributed by atoms with E-state index in [1.807, 2.05) is 0 Å². The van der Waals surface area contributed by atoms with Crippen molar-refractivity contribution in [3.63, 3.8) is 0 Å². The Bertz CT molecular complexity index is 536. The summed E-state index contributed by atoms with van der Waals surface area (Å²) < 4.78 is 0. The Kier molecular flexibility index (Phi) is 7.74. The number of aromatic nitrogens is 1. The van der Waals surface area contributed by atoms with Gasteiger partial charge in [-0.25, -0.2) is 9.98 Å². The third-order valence-electron chi connectivity index (χ3n) is 4.73. The maximum Gasteiger partial charge on any atom is 0.191 e. The first-order valence-electron chi connectivity index (χ1n) is 8.84. The van der Waals surface area contributed by atoms with Gasteiger partial charge in [-0.3, -0.25) is 0 Å². The second-order valence-corrected chi connectivity index (χ2v) is 7.99. The van der Waals surface area contributed by atoms with Crippen LogP contribution in [0.25, 0.3) is 0 Å². The lowest BCUT2D eigenvalue weighted by molar-refractivity contribution is 0.314. The number of likely N-dealkylation sites (tertiary alicyclic amines) is 1. The zero-order valence-corrected chi connectivity index (χ0v) is 18.1. The quantitative estimate of drug-likeness (QED) is 0.387. The molecule has 0 amide bonds. The molecule has 0 spiro atoms. The third kappa shape index (κ3) is 5.56. The Hall–Kier alpha value is -0.410. The number of rotatable bonds is 6. The van der Waals surface area contributed by atoms with E-state index in [-0.39, 0.29) is 24.0 Å². The number of guanidine groups is 1. The molecule has 1 saturated heterocycles. The minimum atomic E-state index is 0. The van der Waals surface area contributed by atoms with Gasteiger partial charge in [-0.1, -0.05) is 0 Å². The first-order chi connectivity index (χ1) is 11.2. The van der Waals surface area contributed by atoms with Crippen molar-refractivity contribution in [2.75, 3.05) is 26.2 Å². The van der Waals surface area contributed by atoms with E-state index >= 15 is 0 Å². The number of nitrogens with zero attached hydrogens (tertiary/aromatic N) is 3. The van der Waals surface area contributed by atoms with Crippen molar-refractivity contribution < 1.29 is 0 Å². The summed E-state index contributed by atoms with van der Waals surface area (Å²) in [7, 11) is 0. The molecule has 2 N–H and O–H groups in total. The molecule has 1 aliphatic carbocycles. The van der Waals surface area contributed by atoms with Crippen LogP contribution in [0.4, 0.5) is 0 Å².